The van der Waals surface area contributed by atoms with Crippen LogP contribution in [0.15, 0.2) is 72.8 Å². The average Bonchev–Trinajstić information content (AvgIpc) is 2.92. The molecular formula is C31H34N2O7. The number of esters is 2. The van der Waals surface area contributed by atoms with Crippen LogP contribution in [0.3, 0.4) is 0 Å². The molecule has 0 aliphatic heterocycles. The second kappa shape index (κ2) is 15.1. The molecule has 0 atom stereocenters. The van der Waals surface area contributed by atoms with Gasteiger partial charge in [-0.3, -0.25) is 14.4 Å². The summed E-state index contributed by atoms with van der Waals surface area (Å²) in [5.74, 6) is -0.161. The van der Waals surface area contributed by atoms with E-state index in [4.69, 9.17) is 14.2 Å². The van der Waals surface area contributed by atoms with Gasteiger partial charge in [-0.05, 0) is 85.5 Å². The van der Waals surface area contributed by atoms with Crippen molar-refractivity contribution in [2.75, 3.05) is 23.8 Å². The molecular weight excluding hydrogens is 512 g/mol. The van der Waals surface area contributed by atoms with Crippen molar-refractivity contribution >= 4 is 35.1 Å². The Labute approximate surface area is 233 Å². The van der Waals surface area contributed by atoms with Crippen molar-refractivity contribution in [2.24, 2.45) is 5.92 Å². The van der Waals surface area contributed by atoms with E-state index in [0.717, 1.165) is 11.3 Å². The van der Waals surface area contributed by atoms with E-state index >= 15 is 0 Å². The van der Waals surface area contributed by atoms with Gasteiger partial charge in [0.2, 0.25) is 5.91 Å². The highest BCUT2D eigenvalue weighted by Gasteiger charge is 2.12. The highest BCUT2D eigenvalue weighted by atomic mass is 16.5. The second-order valence-electron chi connectivity index (χ2n) is 9.62. The first kappa shape index (κ1) is 29.9. The first-order chi connectivity index (χ1) is 19.2. The third kappa shape index (κ3) is 10.6. The molecule has 0 aliphatic rings. The normalized spacial score (nSPS) is 10.5. The number of rotatable bonds is 13. The molecule has 0 aliphatic carbocycles. The van der Waals surface area contributed by atoms with E-state index < -0.39 is 24.5 Å². The summed E-state index contributed by atoms with van der Waals surface area (Å²) >= 11 is 0. The minimum Gasteiger partial charge on any atom is -0.462 e. The van der Waals surface area contributed by atoms with Crippen molar-refractivity contribution in [3.05, 3.63) is 83.9 Å². The fourth-order valence-electron chi connectivity index (χ4n) is 3.47. The monoisotopic (exact) mass is 546 g/mol. The molecule has 3 rings (SSSR count). The lowest BCUT2D eigenvalue weighted by molar-refractivity contribution is -0.147. The fraction of sp³-hybridized carbons (Fsp3) is 0.290. The molecule has 0 saturated carbocycles. The van der Waals surface area contributed by atoms with Gasteiger partial charge in [-0.2, -0.15) is 0 Å². The van der Waals surface area contributed by atoms with Gasteiger partial charge in [0.05, 0.1) is 12.2 Å². The molecule has 0 aromatic heterocycles. The molecule has 9 heteroatoms. The van der Waals surface area contributed by atoms with Crippen LogP contribution in [0.2, 0.25) is 0 Å². The Hall–Kier alpha value is -4.66. The third-order valence-electron chi connectivity index (χ3n) is 5.46. The summed E-state index contributed by atoms with van der Waals surface area (Å²) in [6.45, 7) is 5.74. The number of carbonyl (C=O) groups excluding carboxylic acids is 4. The molecule has 0 bridgehead atoms. The predicted octanol–water partition coefficient (Wildman–Crippen LogP) is 5.89. The Morgan fingerprint density at radius 3 is 2.05 bits per heavy atom. The molecule has 210 valence electrons. The largest absolute Gasteiger partial charge is 0.462 e. The number of carbonyl (C=O) groups is 4. The van der Waals surface area contributed by atoms with Gasteiger partial charge < -0.3 is 24.8 Å². The van der Waals surface area contributed by atoms with Gasteiger partial charge in [0.1, 0.15) is 11.5 Å². The maximum absolute atomic E-state index is 12.2. The number of benzene rings is 3. The molecule has 9 nitrogen and oxygen atoms in total. The van der Waals surface area contributed by atoms with Gasteiger partial charge >= 0.3 is 11.9 Å². The van der Waals surface area contributed by atoms with Crippen LogP contribution in [0, 0.1) is 12.8 Å². The summed E-state index contributed by atoms with van der Waals surface area (Å²) in [7, 11) is 0. The molecule has 0 heterocycles. The van der Waals surface area contributed by atoms with Crippen LogP contribution in [0.4, 0.5) is 11.4 Å². The Kier molecular flexibility index (Phi) is 11.3. The smallest absolute Gasteiger partial charge is 0.338 e. The summed E-state index contributed by atoms with van der Waals surface area (Å²) in [4.78, 5) is 48.2. The summed E-state index contributed by atoms with van der Waals surface area (Å²) in [5.41, 5.74) is 2.53. The summed E-state index contributed by atoms with van der Waals surface area (Å²) < 4.78 is 16.0. The van der Waals surface area contributed by atoms with Crippen molar-refractivity contribution in [2.45, 2.75) is 40.0 Å². The minimum absolute atomic E-state index is 0.00282. The first-order valence-corrected chi connectivity index (χ1v) is 13.0. The van der Waals surface area contributed by atoms with Crippen molar-refractivity contribution in [1.82, 2.24) is 0 Å². The van der Waals surface area contributed by atoms with Gasteiger partial charge in [0.25, 0.3) is 5.91 Å². The van der Waals surface area contributed by atoms with E-state index in [-0.39, 0.29) is 31.1 Å². The van der Waals surface area contributed by atoms with Crippen molar-refractivity contribution in [1.29, 1.82) is 0 Å². The van der Waals surface area contributed by atoms with Crippen LogP contribution >= 0.6 is 0 Å². The Morgan fingerprint density at radius 2 is 1.40 bits per heavy atom. The topological polar surface area (TPSA) is 120 Å². The zero-order chi connectivity index (χ0) is 28.9. The van der Waals surface area contributed by atoms with Gasteiger partial charge in [0.15, 0.2) is 6.61 Å². The molecule has 3 aromatic rings. The van der Waals surface area contributed by atoms with Gasteiger partial charge in [-0.25, -0.2) is 4.79 Å². The maximum atomic E-state index is 12.2. The van der Waals surface area contributed by atoms with Gasteiger partial charge in [0, 0.05) is 24.2 Å². The SMILES string of the molecule is Cc1cccc(Oc2ccc(NC(=O)CCCC(=O)OCC(=O)Nc3ccc(C(=O)OCC(C)C)cc3)cc2)c1. The molecule has 2 amide bonds. The Bertz CT molecular complexity index is 1300. The number of hydrogen-bond acceptors (Lipinski definition) is 7. The summed E-state index contributed by atoms with van der Waals surface area (Å²) in [6.07, 6.45) is 0.390. The first-order valence-electron chi connectivity index (χ1n) is 13.0. The molecule has 3 aromatic carbocycles. The summed E-state index contributed by atoms with van der Waals surface area (Å²) in [5, 5.41) is 5.37. The molecule has 0 fully saturated rings. The van der Waals surface area contributed by atoms with Gasteiger partial charge in [-0.1, -0.05) is 26.0 Å². The van der Waals surface area contributed by atoms with E-state index in [0.29, 0.717) is 29.3 Å². The lowest BCUT2D eigenvalue weighted by Gasteiger charge is -2.09. The number of anilines is 2. The van der Waals surface area contributed by atoms with E-state index in [1.807, 2.05) is 45.0 Å². The van der Waals surface area contributed by atoms with E-state index in [1.165, 1.54) is 0 Å². The van der Waals surface area contributed by atoms with Crippen molar-refractivity contribution in [3.8, 4) is 11.5 Å². The number of nitrogens with one attached hydrogen (secondary N) is 2. The maximum Gasteiger partial charge on any atom is 0.338 e. The van der Waals surface area contributed by atoms with Crippen molar-refractivity contribution < 1.29 is 33.4 Å². The molecule has 0 saturated heterocycles. The number of amides is 2. The van der Waals surface area contributed by atoms with Gasteiger partial charge in [-0.15, -0.1) is 0 Å². The second-order valence-corrected chi connectivity index (χ2v) is 9.62. The van der Waals surface area contributed by atoms with Crippen LogP contribution in [0.1, 0.15) is 49.0 Å². The fourth-order valence-corrected chi connectivity index (χ4v) is 3.47. The van der Waals surface area contributed by atoms with Crippen LogP contribution < -0.4 is 15.4 Å². The number of hydrogen-bond donors (Lipinski definition) is 2. The van der Waals surface area contributed by atoms with E-state index in [9.17, 15) is 19.2 Å². The molecule has 0 spiro atoms. The standard InChI is InChI=1S/C31H34N2O7/c1-21(2)19-39-31(37)23-10-12-24(13-11-23)33-29(35)20-38-30(36)9-5-8-28(34)32-25-14-16-26(17-15-25)40-27-7-4-6-22(3)18-27/h4,6-7,10-18,21H,5,8-9,19-20H2,1-3H3,(H,32,34)(H,33,35). The molecule has 0 radical (unpaired) electrons. The number of ether oxygens (including phenoxy) is 3. The molecule has 0 unspecified atom stereocenters. The van der Waals surface area contributed by atoms with Crippen LogP contribution in [0.25, 0.3) is 0 Å². The number of aryl methyl sites for hydroxylation is 1. The quantitative estimate of drug-likeness (QED) is 0.257. The zero-order valence-electron chi connectivity index (χ0n) is 22.9. The molecule has 2 N–H and O–H groups in total. The highest BCUT2D eigenvalue weighted by molar-refractivity contribution is 5.94. The van der Waals surface area contributed by atoms with E-state index in [1.54, 1.807) is 48.5 Å². The Balaban J connectivity index is 1.31. The van der Waals surface area contributed by atoms with Crippen LogP contribution in [0.5, 0.6) is 11.5 Å². The average molecular weight is 547 g/mol. The lowest BCUT2D eigenvalue weighted by atomic mass is 10.2. The minimum atomic E-state index is -0.580. The predicted molar refractivity (Wildman–Crippen MR) is 151 cm³/mol. The highest BCUT2D eigenvalue weighted by Crippen LogP contribution is 2.23. The summed E-state index contributed by atoms with van der Waals surface area (Å²) in [6, 6.07) is 20.9. The van der Waals surface area contributed by atoms with Crippen LogP contribution in [-0.2, 0) is 23.9 Å². The zero-order valence-corrected chi connectivity index (χ0v) is 22.9. The lowest BCUT2D eigenvalue weighted by Crippen LogP contribution is -2.21. The van der Waals surface area contributed by atoms with E-state index in [2.05, 4.69) is 10.6 Å². The van der Waals surface area contributed by atoms with Crippen molar-refractivity contribution in [3.63, 3.8) is 0 Å². The Morgan fingerprint density at radius 1 is 0.750 bits per heavy atom. The van der Waals surface area contributed by atoms with Crippen LogP contribution in [-0.4, -0.2) is 37.0 Å². The third-order valence-corrected chi connectivity index (χ3v) is 5.46. The molecule has 40 heavy (non-hydrogen) atoms.